The van der Waals surface area contributed by atoms with Crippen molar-refractivity contribution in [3.05, 3.63) is 58.7 Å². The van der Waals surface area contributed by atoms with E-state index in [0.29, 0.717) is 18.7 Å². The Kier molecular flexibility index (Phi) is 4.81. The third-order valence-corrected chi connectivity index (χ3v) is 5.31. The number of aryl methyl sites for hydroxylation is 2. The number of hydrogen-bond acceptors (Lipinski definition) is 7. The van der Waals surface area contributed by atoms with Gasteiger partial charge in [0, 0.05) is 54.2 Å². The number of nitrogens with one attached hydrogen (secondary N) is 1. The molecule has 1 aliphatic heterocycles. The number of rotatable bonds is 4. The molecule has 1 aliphatic rings. The van der Waals surface area contributed by atoms with Crippen LogP contribution < -0.4 is 5.32 Å². The van der Waals surface area contributed by atoms with Gasteiger partial charge >= 0.3 is 0 Å². The van der Waals surface area contributed by atoms with Crippen LogP contribution in [0, 0.1) is 13.8 Å². The van der Waals surface area contributed by atoms with E-state index >= 15 is 0 Å². The Morgan fingerprint density at radius 3 is 2.93 bits per heavy atom. The monoisotopic (exact) mass is 380 g/mol. The number of carbonyl (C=O) groups is 1. The number of aromatic nitrogens is 4. The number of anilines is 2. The van der Waals surface area contributed by atoms with Crippen molar-refractivity contribution in [2.45, 2.75) is 26.2 Å². The van der Waals surface area contributed by atoms with Gasteiger partial charge in [-0.2, -0.15) is 0 Å². The summed E-state index contributed by atoms with van der Waals surface area (Å²) < 4.78 is 0. The van der Waals surface area contributed by atoms with Crippen LogP contribution in [0.5, 0.6) is 0 Å². The first-order chi connectivity index (χ1) is 13.1. The van der Waals surface area contributed by atoms with E-state index in [0.717, 1.165) is 33.8 Å². The minimum atomic E-state index is 0.00913. The first kappa shape index (κ1) is 17.5. The zero-order valence-electron chi connectivity index (χ0n) is 15.2. The normalized spacial score (nSPS) is 16.5. The van der Waals surface area contributed by atoms with Crippen LogP contribution in [0.25, 0.3) is 0 Å². The smallest absolute Gasteiger partial charge is 0.255 e. The van der Waals surface area contributed by atoms with Gasteiger partial charge in [0.1, 0.15) is 11.6 Å². The molecular formula is C19H20N6OS. The molecule has 138 valence electrons. The molecular weight excluding hydrogens is 360 g/mol. The van der Waals surface area contributed by atoms with Crippen LogP contribution in [0.3, 0.4) is 0 Å². The molecule has 27 heavy (non-hydrogen) atoms. The Bertz CT molecular complexity index is 958. The molecule has 4 heterocycles. The minimum absolute atomic E-state index is 0.00913. The molecule has 8 heteroatoms. The van der Waals surface area contributed by atoms with E-state index in [1.54, 1.807) is 35.9 Å². The Morgan fingerprint density at radius 1 is 1.30 bits per heavy atom. The summed E-state index contributed by atoms with van der Waals surface area (Å²) in [6.45, 7) is 5.29. The molecule has 0 saturated carbocycles. The van der Waals surface area contributed by atoms with Crippen LogP contribution in [0.4, 0.5) is 10.9 Å². The molecule has 1 amide bonds. The van der Waals surface area contributed by atoms with Crippen LogP contribution in [0.15, 0.2) is 36.8 Å². The highest BCUT2D eigenvalue weighted by molar-refractivity contribution is 7.15. The minimum Gasteiger partial charge on any atom is -0.338 e. The molecule has 1 N–H and O–H groups in total. The van der Waals surface area contributed by atoms with Crippen molar-refractivity contribution < 1.29 is 4.79 Å². The topological polar surface area (TPSA) is 83.9 Å². The number of thiazole rings is 1. The van der Waals surface area contributed by atoms with Crippen molar-refractivity contribution in [3.63, 3.8) is 0 Å². The largest absolute Gasteiger partial charge is 0.338 e. The number of amides is 1. The number of likely N-dealkylation sites (tertiary alicyclic amines) is 1. The zero-order chi connectivity index (χ0) is 18.8. The van der Waals surface area contributed by atoms with Crippen molar-refractivity contribution in [2.24, 2.45) is 0 Å². The van der Waals surface area contributed by atoms with Crippen LogP contribution in [-0.2, 0) is 0 Å². The molecule has 0 bridgehead atoms. The summed E-state index contributed by atoms with van der Waals surface area (Å²) >= 11 is 1.59. The SMILES string of the molecule is Cc1cc(Nc2ncc(C)s2)nc(C2CCN(C(=O)c3cccnc3)C2)n1. The second kappa shape index (κ2) is 7.40. The van der Waals surface area contributed by atoms with E-state index < -0.39 is 0 Å². The van der Waals surface area contributed by atoms with Gasteiger partial charge < -0.3 is 10.2 Å². The molecule has 0 spiro atoms. The standard InChI is InChI=1S/C19H20N6OS/c1-12-8-16(24-19-21-9-13(2)27-19)23-17(22-12)15-5-7-25(11-15)18(26)14-4-3-6-20-10-14/h3-4,6,8-10,15H,5,7,11H2,1-2H3,(H,21,22,23,24). The number of hydrogen-bond donors (Lipinski definition) is 1. The lowest BCUT2D eigenvalue weighted by Gasteiger charge is -2.16. The van der Waals surface area contributed by atoms with Gasteiger partial charge in [0.15, 0.2) is 5.13 Å². The van der Waals surface area contributed by atoms with Crippen molar-refractivity contribution in [3.8, 4) is 0 Å². The van der Waals surface area contributed by atoms with Gasteiger partial charge in [-0.05, 0) is 32.4 Å². The van der Waals surface area contributed by atoms with E-state index in [-0.39, 0.29) is 11.8 Å². The molecule has 0 aliphatic carbocycles. The summed E-state index contributed by atoms with van der Waals surface area (Å²) in [6.07, 6.45) is 5.96. The second-order valence-corrected chi connectivity index (χ2v) is 7.87. The van der Waals surface area contributed by atoms with Crippen LogP contribution >= 0.6 is 11.3 Å². The van der Waals surface area contributed by atoms with Gasteiger partial charge in [-0.1, -0.05) is 0 Å². The van der Waals surface area contributed by atoms with Gasteiger partial charge in [0.2, 0.25) is 0 Å². The van der Waals surface area contributed by atoms with Gasteiger partial charge in [-0.3, -0.25) is 9.78 Å². The third-order valence-electron chi connectivity index (χ3n) is 4.48. The summed E-state index contributed by atoms with van der Waals surface area (Å²) in [4.78, 5) is 33.3. The molecule has 7 nitrogen and oxygen atoms in total. The lowest BCUT2D eigenvalue weighted by Crippen LogP contribution is -2.28. The number of carbonyl (C=O) groups excluding carboxylic acids is 1. The average Bonchev–Trinajstić information content (AvgIpc) is 3.31. The highest BCUT2D eigenvalue weighted by Crippen LogP contribution is 2.28. The van der Waals surface area contributed by atoms with E-state index in [1.165, 1.54) is 0 Å². The highest BCUT2D eigenvalue weighted by Gasteiger charge is 2.30. The predicted molar refractivity (Wildman–Crippen MR) is 104 cm³/mol. The first-order valence-corrected chi connectivity index (χ1v) is 9.64. The molecule has 1 fully saturated rings. The van der Waals surface area contributed by atoms with Gasteiger partial charge in [-0.15, -0.1) is 11.3 Å². The van der Waals surface area contributed by atoms with Crippen LogP contribution in [0.2, 0.25) is 0 Å². The van der Waals surface area contributed by atoms with Gasteiger partial charge in [-0.25, -0.2) is 15.0 Å². The molecule has 1 atom stereocenters. The molecule has 0 radical (unpaired) electrons. The third kappa shape index (κ3) is 3.95. The fourth-order valence-electron chi connectivity index (χ4n) is 3.19. The lowest BCUT2D eigenvalue weighted by atomic mass is 10.1. The lowest BCUT2D eigenvalue weighted by molar-refractivity contribution is 0.0790. The zero-order valence-corrected chi connectivity index (χ0v) is 16.0. The maximum atomic E-state index is 12.6. The van der Waals surface area contributed by atoms with E-state index in [1.807, 2.05) is 31.0 Å². The van der Waals surface area contributed by atoms with E-state index in [4.69, 9.17) is 0 Å². The Balaban J connectivity index is 1.49. The van der Waals surface area contributed by atoms with Crippen LogP contribution in [-0.4, -0.2) is 43.8 Å². The second-order valence-electron chi connectivity index (χ2n) is 6.63. The van der Waals surface area contributed by atoms with Gasteiger partial charge in [0.25, 0.3) is 5.91 Å². The average molecular weight is 380 g/mol. The van der Waals surface area contributed by atoms with Crippen molar-refractivity contribution in [2.75, 3.05) is 18.4 Å². The molecule has 1 unspecified atom stereocenters. The van der Waals surface area contributed by atoms with Crippen molar-refractivity contribution in [1.82, 2.24) is 24.8 Å². The predicted octanol–water partition coefficient (Wildman–Crippen LogP) is 3.32. The highest BCUT2D eigenvalue weighted by atomic mass is 32.1. The molecule has 4 rings (SSSR count). The molecule has 1 saturated heterocycles. The Hall–Kier alpha value is -2.87. The van der Waals surface area contributed by atoms with Crippen molar-refractivity contribution >= 4 is 28.2 Å². The Morgan fingerprint density at radius 2 is 2.19 bits per heavy atom. The summed E-state index contributed by atoms with van der Waals surface area (Å²) in [7, 11) is 0. The summed E-state index contributed by atoms with van der Waals surface area (Å²) in [5, 5.41) is 4.07. The summed E-state index contributed by atoms with van der Waals surface area (Å²) in [5.41, 5.74) is 1.51. The fraction of sp³-hybridized carbons (Fsp3) is 0.316. The van der Waals surface area contributed by atoms with Gasteiger partial charge in [0.05, 0.1) is 5.56 Å². The van der Waals surface area contributed by atoms with E-state index in [9.17, 15) is 4.79 Å². The number of nitrogens with zero attached hydrogens (tertiary/aromatic N) is 5. The van der Waals surface area contributed by atoms with Crippen LogP contribution in [0.1, 0.15) is 39.1 Å². The maximum absolute atomic E-state index is 12.6. The summed E-state index contributed by atoms with van der Waals surface area (Å²) in [6, 6.07) is 5.49. The molecule has 3 aromatic rings. The fourth-order valence-corrected chi connectivity index (χ4v) is 3.86. The summed E-state index contributed by atoms with van der Waals surface area (Å²) in [5.74, 6) is 1.65. The number of pyridine rings is 1. The molecule has 0 aromatic carbocycles. The quantitative estimate of drug-likeness (QED) is 0.747. The van der Waals surface area contributed by atoms with E-state index in [2.05, 4.69) is 25.3 Å². The maximum Gasteiger partial charge on any atom is 0.255 e. The first-order valence-electron chi connectivity index (χ1n) is 8.83. The molecule has 3 aromatic heterocycles. The Labute approximate surface area is 161 Å². The van der Waals surface area contributed by atoms with Crippen molar-refractivity contribution in [1.29, 1.82) is 0 Å².